The summed E-state index contributed by atoms with van der Waals surface area (Å²) in [6.45, 7) is 1.87. The fourth-order valence-corrected chi connectivity index (χ4v) is 8.93. The maximum atomic E-state index is 14.2. The van der Waals surface area contributed by atoms with Crippen LogP contribution in [0.1, 0.15) is 11.1 Å². The van der Waals surface area contributed by atoms with Gasteiger partial charge >= 0.3 is 0 Å². The number of nitrogens with two attached hydrogens (primary N) is 1. The molecule has 3 rings (SSSR count). The van der Waals surface area contributed by atoms with Crippen LogP contribution < -0.4 is 10.5 Å². The van der Waals surface area contributed by atoms with Gasteiger partial charge in [0.1, 0.15) is 10.7 Å². The molecule has 170 valence electrons. The minimum atomic E-state index is -4.23. The van der Waals surface area contributed by atoms with Crippen LogP contribution in [-0.4, -0.2) is 54.6 Å². The monoisotopic (exact) mass is 490 g/mol. The Morgan fingerprint density at radius 2 is 1.71 bits per heavy atom. The molecule has 3 N–H and O–H groups in total. The number of rotatable bonds is 7. The van der Waals surface area contributed by atoms with Crippen molar-refractivity contribution in [1.82, 2.24) is 5.32 Å². The number of hydrogen-bond acceptors (Lipinski definition) is 7. The lowest BCUT2D eigenvalue weighted by molar-refractivity contribution is 0.520. The van der Waals surface area contributed by atoms with E-state index in [1.54, 1.807) is 19.1 Å². The highest BCUT2D eigenvalue weighted by Crippen LogP contribution is 2.28. The average molecular weight is 491 g/mol. The Labute approximate surface area is 181 Å². The van der Waals surface area contributed by atoms with Crippen LogP contribution in [-0.2, 0) is 36.1 Å². The van der Waals surface area contributed by atoms with Crippen LogP contribution in [0.2, 0.25) is 0 Å². The molecule has 0 radical (unpaired) electrons. The summed E-state index contributed by atoms with van der Waals surface area (Å²) in [5.74, 6) is -1.86. The van der Waals surface area contributed by atoms with Crippen molar-refractivity contribution in [3.8, 4) is 0 Å². The third-order valence-electron chi connectivity index (χ3n) is 5.16. The van der Waals surface area contributed by atoms with Gasteiger partial charge in [-0.3, -0.25) is 0 Å². The molecule has 0 bridgehead atoms. The van der Waals surface area contributed by atoms with Crippen LogP contribution in [0.5, 0.6) is 0 Å². The van der Waals surface area contributed by atoms with Gasteiger partial charge in [-0.05, 0) is 55.3 Å². The molecule has 8 nitrogen and oxygen atoms in total. The summed E-state index contributed by atoms with van der Waals surface area (Å²) in [6.07, 6.45) is 0.396. The Kier molecular flexibility index (Phi) is 6.59. The summed E-state index contributed by atoms with van der Waals surface area (Å²) < 4.78 is 87.3. The van der Waals surface area contributed by atoms with Gasteiger partial charge in [0.2, 0.25) is 10.0 Å². The minimum Gasteiger partial charge on any atom is -0.311 e. The quantitative estimate of drug-likeness (QED) is 0.578. The molecule has 0 saturated carbocycles. The number of aryl methyl sites for hydroxylation is 1. The molecule has 31 heavy (non-hydrogen) atoms. The van der Waals surface area contributed by atoms with Crippen LogP contribution in [0.25, 0.3) is 0 Å². The zero-order valence-electron chi connectivity index (χ0n) is 16.7. The number of benzene rings is 2. The normalized spacial score (nSPS) is 21.3. The predicted molar refractivity (Wildman–Crippen MR) is 114 cm³/mol. The van der Waals surface area contributed by atoms with E-state index in [2.05, 4.69) is 5.32 Å². The van der Waals surface area contributed by atoms with E-state index in [-0.39, 0.29) is 17.2 Å². The lowest BCUT2D eigenvalue weighted by Gasteiger charge is -2.20. The summed E-state index contributed by atoms with van der Waals surface area (Å²) in [5.41, 5.74) is 1.30. The summed E-state index contributed by atoms with van der Waals surface area (Å²) in [5, 5.41) is 6.72. The lowest BCUT2D eigenvalue weighted by Crippen LogP contribution is -2.44. The van der Waals surface area contributed by atoms with Crippen molar-refractivity contribution in [2.75, 3.05) is 18.1 Å². The highest BCUT2D eigenvalue weighted by Gasteiger charge is 2.46. The summed E-state index contributed by atoms with van der Waals surface area (Å²) in [4.78, 5) is -0.530. The van der Waals surface area contributed by atoms with Gasteiger partial charge in [0.25, 0.3) is 0 Å². The molecule has 1 aliphatic rings. The van der Waals surface area contributed by atoms with E-state index in [0.29, 0.717) is 12.0 Å². The van der Waals surface area contributed by atoms with Crippen LogP contribution >= 0.6 is 0 Å². The second-order valence-corrected chi connectivity index (χ2v) is 13.4. The number of hydrogen-bond donors (Lipinski definition) is 2. The highest BCUT2D eigenvalue weighted by atomic mass is 32.2. The molecule has 2 aromatic rings. The number of sulfone groups is 2. The largest absolute Gasteiger partial charge is 0.311 e. The van der Waals surface area contributed by atoms with Gasteiger partial charge < -0.3 is 5.32 Å². The van der Waals surface area contributed by atoms with Crippen molar-refractivity contribution in [1.29, 1.82) is 0 Å². The third kappa shape index (κ3) is 5.50. The van der Waals surface area contributed by atoms with Crippen molar-refractivity contribution in [3.05, 3.63) is 59.4 Å². The van der Waals surface area contributed by atoms with E-state index in [0.717, 1.165) is 11.6 Å². The SMILES string of the molecule is Cc1ccc(F)c(S(=O)(=O)[C@H]2CS(=O)(=O)C[C@@H]2NCCc2ccc(S(N)(=O)=O)cc2)c1. The van der Waals surface area contributed by atoms with Crippen molar-refractivity contribution in [3.63, 3.8) is 0 Å². The van der Waals surface area contributed by atoms with E-state index in [4.69, 9.17) is 5.14 Å². The molecule has 0 aliphatic carbocycles. The molecule has 2 atom stereocenters. The number of sulfonamides is 1. The van der Waals surface area contributed by atoms with Crippen molar-refractivity contribution in [2.24, 2.45) is 5.14 Å². The number of primary sulfonamides is 1. The van der Waals surface area contributed by atoms with E-state index < -0.39 is 57.5 Å². The van der Waals surface area contributed by atoms with Crippen LogP contribution in [0.15, 0.2) is 52.3 Å². The average Bonchev–Trinajstić information content (AvgIpc) is 2.98. The van der Waals surface area contributed by atoms with Crippen molar-refractivity contribution >= 4 is 29.7 Å². The fourth-order valence-electron chi connectivity index (χ4n) is 3.55. The second-order valence-electron chi connectivity index (χ2n) is 7.59. The van der Waals surface area contributed by atoms with Gasteiger partial charge in [0, 0.05) is 6.04 Å². The first-order chi connectivity index (χ1) is 14.3. The van der Waals surface area contributed by atoms with Gasteiger partial charge in [0.05, 0.1) is 21.7 Å². The Bertz CT molecular complexity index is 1290. The molecule has 2 aromatic carbocycles. The topological polar surface area (TPSA) is 140 Å². The maximum Gasteiger partial charge on any atom is 0.238 e. The number of halogens is 1. The van der Waals surface area contributed by atoms with E-state index in [1.165, 1.54) is 24.3 Å². The number of nitrogens with one attached hydrogen (secondary N) is 1. The molecule has 1 heterocycles. The first kappa shape index (κ1) is 23.8. The summed E-state index contributed by atoms with van der Waals surface area (Å²) in [7, 11) is -11.6. The standard InChI is InChI=1S/C19H23FN2O6S3/c1-13-2-7-16(20)18(10-13)30(25,26)19-12-29(23,24)11-17(19)22-9-8-14-3-5-15(6-4-14)31(21,27)28/h2-7,10,17,19,22H,8-9,11-12H2,1H3,(H2,21,27,28)/t17-,19-/m0/s1. The second kappa shape index (κ2) is 8.58. The summed E-state index contributed by atoms with van der Waals surface area (Å²) >= 11 is 0. The van der Waals surface area contributed by atoms with Gasteiger partial charge in [-0.15, -0.1) is 0 Å². The van der Waals surface area contributed by atoms with Gasteiger partial charge in [-0.2, -0.15) is 0 Å². The lowest BCUT2D eigenvalue weighted by atomic mass is 10.1. The molecule has 0 unspecified atom stereocenters. The Morgan fingerprint density at radius 3 is 2.32 bits per heavy atom. The minimum absolute atomic E-state index is 0.0302. The predicted octanol–water partition coefficient (Wildman–Crippen LogP) is 0.553. The van der Waals surface area contributed by atoms with Crippen LogP contribution in [0, 0.1) is 12.7 Å². The Balaban J connectivity index is 1.76. The van der Waals surface area contributed by atoms with E-state index in [1.807, 2.05) is 0 Å². The molecular formula is C19H23FN2O6S3. The smallest absolute Gasteiger partial charge is 0.238 e. The molecule has 1 aliphatic heterocycles. The first-order valence-corrected chi connectivity index (χ1v) is 14.3. The third-order valence-corrected chi connectivity index (χ3v) is 10.3. The highest BCUT2D eigenvalue weighted by molar-refractivity contribution is 7.96. The summed E-state index contributed by atoms with van der Waals surface area (Å²) in [6, 6.07) is 8.68. The molecular weight excluding hydrogens is 467 g/mol. The van der Waals surface area contributed by atoms with Crippen molar-refractivity contribution < 1.29 is 29.6 Å². The van der Waals surface area contributed by atoms with Gasteiger partial charge in [-0.25, -0.2) is 34.8 Å². The molecule has 0 amide bonds. The van der Waals surface area contributed by atoms with Gasteiger partial charge in [0.15, 0.2) is 19.7 Å². The zero-order chi connectivity index (χ0) is 23.0. The maximum absolute atomic E-state index is 14.2. The van der Waals surface area contributed by atoms with Crippen LogP contribution in [0.3, 0.4) is 0 Å². The molecule has 0 spiro atoms. The molecule has 1 saturated heterocycles. The van der Waals surface area contributed by atoms with Crippen molar-refractivity contribution in [2.45, 2.75) is 34.4 Å². The first-order valence-electron chi connectivity index (χ1n) is 9.35. The molecule has 1 fully saturated rings. The fraction of sp³-hybridized carbons (Fsp3) is 0.368. The van der Waals surface area contributed by atoms with Crippen LogP contribution in [0.4, 0.5) is 4.39 Å². The zero-order valence-corrected chi connectivity index (χ0v) is 19.1. The molecule has 0 aromatic heterocycles. The van der Waals surface area contributed by atoms with Gasteiger partial charge in [-0.1, -0.05) is 18.2 Å². The Hall–Kier alpha value is -1.86. The van der Waals surface area contributed by atoms with E-state index in [9.17, 15) is 29.6 Å². The Morgan fingerprint density at radius 1 is 1.06 bits per heavy atom. The van der Waals surface area contributed by atoms with E-state index >= 15 is 0 Å². The molecule has 12 heteroatoms.